The van der Waals surface area contributed by atoms with Crippen LogP contribution in [0.5, 0.6) is 0 Å². The largest absolute Gasteiger partial charge is 0.380 e. The zero-order valence-corrected chi connectivity index (χ0v) is 17.4. The average Bonchev–Trinajstić information content (AvgIpc) is 3.24. The SMILES string of the molecule is Cc1ccc(-c2nc(C=N)c(NCC3(F)CCNC3)cc2-c2ccc(C#N)cc2)cc1. The number of anilines is 1. The van der Waals surface area contributed by atoms with Crippen molar-refractivity contribution in [2.24, 2.45) is 0 Å². The number of aryl methyl sites for hydroxylation is 1. The predicted octanol–water partition coefficient (Wildman–Crippen LogP) is 4.71. The van der Waals surface area contributed by atoms with Crippen molar-refractivity contribution in [2.75, 3.05) is 25.0 Å². The Morgan fingerprint density at radius 3 is 2.52 bits per heavy atom. The van der Waals surface area contributed by atoms with Crippen LogP contribution in [-0.4, -0.2) is 36.5 Å². The van der Waals surface area contributed by atoms with Crippen LogP contribution in [0.2, 0.25) is 0 Å². The van der Waals surface area contributed by atoms with E-state index in [1.54, 1.807) is 12.1 Å². The highest BCUT2D eigenvalue weighted by Crippen LogP contribution is 2.34. The molecule has 1 aliphatic rings. The highest BCUT2D eigenvalue weighted by Gasteiger charge is 2.33. The molecule has 1 atom stereocenters. The summed E-state index contributed by atoms with van der Waals surface area (Å²) >= 11 is 0. The zero-order valence-electron chi connectivity index (χ0n) is 17.4. The molecule has 2 heterocycles. The van der Waals surface area contributed by atoms with Gasteiger partial charge < -0.3 is 16.0 Å². The fourth-order valence-electron chi connectivity index (χ4n) is 3.77. The van der Waals surface area contributed by atoms with Crippen molar-refractivity contribution in [3.05, 3.63) is 71.4 Å². The van der Waals surface area contributed by atoms with Gasteiger partial charge >= 0.3 is 0 Å². The number of benzene rings is 2. The van der Waals surface area contributed by atoms with Gasteiger partial charge in [-0.3, -0.25) is 0 Å². The van der Waals surface area contributed by atoms with E-state index in [0.29, 0.717) is 36.5 Å². The summed E-state index contributed by atoms with van der Waals surface area (Å²) in [5.41, 5.74) is 4.93. The van der Waals surface area contributed by atoms with Gasteiger partial charge in [-0.25, -0.2) is 9.37 Å². The van der Waals surface area contributed by atoms with Gasteiger partial charge in [-0.1, -0.05) is 42.0 Å². The van der Waals surface area contributed by atoms with Crippen molar-refractivity contribution < 1.29 is 4.39 Å². The third kappa shape index (κ3) is 4.47. The topological polar surface area (TPSA) is 84.6 Å². The molecule has 1 unspecified atom stereocenters. The maximum absolute atomic E-state index is 14.9. The summed E-state index contributed by atoms with van der Waals surface area (Å²) in [6, 6.07) is 19.4. The number of hydrogen-bond acceptors (Lipinski definition) is 5. The minimum Gasteiger partial charge on any atom is -0.380 e. The summed E-state index contributed by atoms with van der Waals surface area (Å²) in [6.07, 6.45) is 1.65. The number of aromatic nitrogens is 1. The molecule has 1 aliphatic heterocycles. The molecule has 6 heteroatoms. The Morgan fingerprint density at radius 2 is 1.90 bits per heavy atom. The van der Waals surface area contributed by atoms with E-state index >= 15 is 0 Å². The number of hydrogen-bond donors (Lipinski definition) is 3. The van der Waals surface area contributed by atoms with Gasteiger partial charge in [0.15, 0.2) is 0 Å². The molecule has 0 aliphatic carbocycles. The maximum Gasteiger partial charge on any atom is 0.141 e. The Kier molecular flexibility index (Phi) is 5.79. The van der Waals surface area contributed by atoms with Gasteiger partial charge in [0.05, 0.1) is 29.6 Å². The summed E-state index contributed by atoms with van der Waals surface area (Å²) in [4.78, 5) is 4.77. The number of rotatable bonds is 6. The summed E-state index contributed by atoms with van der Waals surface area (Å²) in [6.45, 7) is 3.16. The minimum atomic E-state index is -1.32. The van der Waals surface area contributed by atoms with Crippen LogP contribution in [0.1, 0.15) is 23.2 Å². The van der Waals surface area contributed by atoms with Crippen molar-refractivity contribution in [1.82, 2.24) is 10.3 Å². The Bertz CT molecular complexity index is 1120. The molecule has 0 bridgehead atoms. The van der Waals surface area contributed by atoms with Crippen molar-refractivity contribution in [3.63, 3.8) is 0 Å². The second kappa shape index (κ2) is 8.66. The lowest BCUT2D eigenvalue weighted by Crippen LogP contribution is -2.34. The van der Waals surface area contributed by atoms with Crippen molar-refractivity contribution in [3.8, 4) is 28.5 Å². The lowest BCUT2D eigenvalue weighted by Gasteiger charge is -2.21. The quantitative estimate of drug-likeness (QED) is 0.511. The van der Waals surface area contributed by atoms with Gasteiger partial charge in [-0.05, 0) is 43.7 Å². The van der Waals surface area contributed by atoms with E-state index in [4.69, 9.17) is 15.7 Å². The molecular weight excluding hydrogens is 389 g/mol. The molecule has 3 aromatic rings. The summed E-state index contributed by atoms with van der Waals surface area (Å²) in [5, 5.41) is 23.2. The third-order valence-electron chi connectivity index (χ3n) is 5.63. The van der Waals surface area contributed by atoms with E-state index in [2.05, 4.69) is 16.7 Å². The van der Waals surface area contributed by atoms with Gasteiger partial charge in [0.2, 0.25) is 0 Å². The van der Waals surface area contributed by atoms with Crippen LogP contribution in [0.4, 0.5) is 10.1 Å². The van der Waals surface area contributed by atoms with Gasteiger partial charge in [0.25, 0.3) is 0 Å². The highest BCUT2D eigenvalue weighted by molar-refractivity contribution is 5.91. The predicted molar refractivity (Wildman–Crippen MR) is 122 cm³/mol. The average molecular weight is 414 g/mol. The van der Waals surface area contributed by atoms with Crippen LogP contribution >= 0.6 is 0 Å². The van der Waals surface area contributed by atoms with Crippen LogP contribution in [-0.2, 0) is 0 Å². The van der Waals surface area contributed by atoms with Crippen LogP contribution in [0, 0.1) is 23.7 Å². The van der Waals surface area contributed by atoms with Crippen molar-refractivity contribution in [2.45, 2.75) is 19.0 Å². The van der Waals surface area contributed by atoms with E-state index in [1.807, 2.05) is 49.4 Å². The first-order chi connectivity index (χ1) is 15.0. The summed E-state index contributed by atoms with van der Waals surface area (Å²) in [7, 11) is 0. The summed E-state index contributed by atoms with van der Waals surface area (Å²) < 4.78 is 14.9. The number of pyridine rings is 1. The molecule has 4 rings (SSSR count). The van der Waals surface area contributed by atoms with Crippen LogP contribution < -0.4 is 10.6 Å². The van der Waals surface area contributed by atoms with Gasteiger partial charge in [0, 0.05) is 23.9 Å². The fourth-order valence-corrected chi connectivity index (χ4v) is 3.77. The minimum absolute atomic E-state index is 0.152. The Hall–Kier alpha value is -3.56. The fraction of sp³-hybridized carbons (Fsp3) is 0.240. The lowest BCUT2D eigenvalue weighted by atomic mass is 9.96. The maximum atomic E-state index is 14.9. The number of nitrogens with one attached hydrogen (secondary N) is 3. The molecule has 156 valence electrons. The monoisotopic (exact) mass is 413 g/mol. The smallest absolute Gasteiger partial charge is 0.141 e. The molecule has 2 aromatic carbocycles. The molecule has 0 spiro atoms. The molecular formula is C25H24FN5. The molecule has 1 saturated heterocycles. The number of nitrogens with zero attached hydrogens (tertiary/aromatic N) is 2. The Labute approximate surface area is 181 Å². The van der Waals surface area contributed by atoms with Crippen molar-refractivity contribution >= 4 is 11.9 Å². The van der Waals surface area contributed by atoms with E-state index in [-0.39, 0.29) is 6.54 Å². The lowest BCUT2D eigenvalue weighted by molar-refractivity contribution is 0.208. The van der Waals surface area contributed by atoms with Crippen LogP contribution in [0.3, 0.4) is 0 Å². The van der Waals surface area contributed by atoms with Gasteiger partial charge in [-0.15, -0.1) is 0 Å². The van der Waals surface area contributed by atoms with Crippen LogP contribution in [0.15, 0.2) is 54.6 Å². The van der Waals surface area contributed by atoms with Gasteiger partial charge in [-0.2, -0.15) is 5.26 Å². The number of alkyl halides is 1. The Balaban J connectivity index is 1.80. The standard InChI is InChI=1S/C25H24FN5/c1-17-2-6-20(7-3-17)24-21(19-8-4-18(13-27)5-9-19)12-22(23(14-28)31-24)30-16-25(26)10-11-29-15-25/h2-9,12,14,28-30H,10-11,15-16H2,1H3. The molecule has 0 radical (unpaired) electrons. The Morgan fingerprint density at radius 1 is 1.19 bits per heavy atom. The van der Waals surface area contributed by atoms with Gasteiger partial charge in [0.1, 0.15) is 11.4 Å². The molecule has 3 N–H and O–H groups in total. The molecule has 5 nitrogen and oxygen atoms in total. The second-order valence-electron chi connectivity index (χ2n) is 7.95. The second-order valence-corrected chi connectivity index (χ2v) is 7.95. The van der Waals surface area contributed by atoms with Crippen molar-refractivity contribution in [1.29, 1.82) is 10.7 Å². The molecule has 0 saturated carbocycles. The zero-order chi connectivity index (χ0) is 21.8. The first-order valence-corrected chi connectivity index (χ1v) is 10.3. The number of halogens is 1. The molecule has 31 heavy (non-hydrogen) atoms. The molecule has 1 aromatic heterocycles. The van der Waals surface area contributed by atoms with E-state index in [9.17, 15) is 4.39 Å². The van der Waals surface area contributed by atoms with E-state index < -0.39 is 5.67 Å². The van der Waals surface area contributed by atoms with E-state index in [0.717, 1.165) is 27.9 Å². The first-order valence-electron chi connectivity index (χ1n) is 10.3. The normalized spacial score (nSPS) is 17.8. The van der Waals surface area contributed by atoms with E-state index in [1.165, 1.54) is 6.21 Å². The number of nitriles is 1. The molecule has 0 amide bonds. The first kappa shape index (κ1) is 20.7. The highest BCUT2D eigenvalue weighted by atomic mass is 19.1. The molecule has 1 fully saturated rings. The third-order valence-corrected chi connectivity index (χ3v) is 5.63. The summed E-state index contributed by atoms with van der Waals surface area (Å²) in [5.74, 6) is 0. The van der Waals surface area contributed by atoms with Crippen LogP contribution in [0.25, 0.3) is 22.4 Å².